The summed E-state index contributed by atoms with van der Waals surface area (Å²) in [5.74, 6) is 1.41. The molecular formula is C25H20N6. The fourth-order valence-electron chi connectivity index (χ4n) is 3.52. The van der Waals surface area contributed by atoms with Gasteiger partial charge < -0.3 is 0 Å². The van der Waals surface area contributed by atoms with Crippen LogP contribution in [-0.2, 0) is 12.8 Å². The van der Waals surface area contributed by atoms with E-state index in [1.165, 1.54) is 5.56 Å². The van der Waals surface area contributed by atoms with Crippen LogP contribution >= 0.6 is 0 Å². The van der Waals surface area contributed by atoms with Crippen LogP contribution in [0, 0.1) is 0 Å². The molecule has 0 spiro atoms. The third kappa shape index (κ3) is 4.09. The van der Waals surface area contributed by atoms with Gasteiger partial charge in [0.2, 0.25) is 0 Å². The predicted octanol–water partition coefficient (Wildman–Crippen LogP) is 4.57. The normalized spacial score (nSPS) is 10.8. The maximum Gasteiger partial charge on any atom is 0.190 e. The lowest BCUT2D eigenvalue weighted by Gasteiger charge is -2.11. The van der Waals surface area contributed by atoms with Crippen molar-refractivity contribution in [1.29, 1.82) is 0 Å². The molecule has 3 aromatic carbocycles. The van der Waals surface area contributed by atoms with Crippen LogP contribution in [0.1, 0.15) is 11.4 Å². The molecule has 0 aliphatic rings. The summed E-state index contributed by atoms with van der Waals surface area (Å²) < 4.78 is 1.72. The average molecular weight is 404 g/mol. The van der Waals surface area contributed by atoms with Crippen molar-refractivity contribution in [3.63, 3.8) is 0 Å². The SMILES string of the molecule is c1ccc(CCc2ncc(-c3nnnn3-c3ccccc3)c(-c3ccccc3)n2)cc1. The van der Waals surface area contributed by atoms with E-state index in [1.54, 1.807) is 4.68 Å². The van der Waals surface area contributed by atoms with Crippen LogP contribution in [-0.4, -0.2) is 30.2 Å². The van der Waals surface area contributed by atoms with E-state index in [1.807, 2.05) is 72.9 Å². The molecule has 0 N–H and O–H groups in total. The second-order valence-corrected chi connectivity index (χ2v) is 7.15. The maximum atomic E-state index is 4.93. The minimum absolute atomic E-state index is 0.611. The molecule has 0 amide bonds. The Hall–Kier alpha value is -4.19. The molecule has 5 aromatic rings. The molecule has 0 fully saturated rings. The van der Waals surface area contributed by atoms with Gasteiger partial charge in [-0.2, -0.15) is 4.68 Å². The molecule has 0 atom stereocenters. The first-order valence-electron chi connectivity index (χ1n) is 10.2. The lowest BCUT2D eigenvalue weighted by molar-refractivity contribution is 0.790. The Morgan fingerprint density at radius 2 is 1.39 bits per heavy atom. The maximum absolute atomic E-state index is 4.93. The molecule has 5 rings (SSSR count). The fraction of sp³-hybridized carbons (Fsp3) is 0.0800. The number of hydrogen-bond donors (Lipinski definition) is 0. The summed E-state index contributed by atoms with van der Waals surface area (Å²) in [5, 5.41) is 12.4. The highest BCUT2D eigenvalue weighted by Crippen LogP contribution is 2.29. The lowest BCUT2D eigenvalue weighted by Crippen LogP contribution is -2.05. The summed E-state index contributed by atoms with van der Waals surface area (Å²) in [6.07, 6.45) is 3.48. The van der Waals surface area contributed by atoms with Gasteiger partial charge in [0.05, 0.1) is 16.9 Å². The zero-order chi connectivity index (χ0) is 20.9. The van der Waals surface area contributed by atoms with E-state index in [9.17, 15) is 0 Å². The van der Waals surface area contributed by atoms with E-state index < -0.39 is 0 Å². The Kier molecular flexibility index (Phi) is 5.26. The van der Waals surface area contributed by atoms with Gasteiger partial charge in [-0.3, -0.25) is 0 Å². The molecule has 0 unspecified atom stereocenters. The van der Waals surface area contributed by atoms with Gasteiger partial charge in [-0.05, 0) is 34.5 Å². The summed E-state index contributed by atoms with van der Waals surface area (Å²) in [6, 6.07) is 30.3. The lowest BCUT2D eigenvalue weighted by atomic mass is 10.1. The van der Waals surface area contributed by atoms with Crippen LogP contribution in [0.3, 0.4) is 0 Å². The molecule has 0 saturated heterocycles. The van der Waals surface area contributed by atoms with Crippen LogP contribution in [0.15, 0.2) is 97.2 Å². The number of aromatic nitrogens is 6. The smallest absolute Gasteiger partial charge is 0.190 e. The van der Waals surface area contributed by atoms with Crippen molar-refractivity contribution in [2.24, 2.45) is 0 Å². The molecule has 0 radical (unpaired) electrons. The van der Waals surface area contributed by atoms with Gasteiger partial charge in [0.1, 0.15) is 5.82 Å². The second-order valence-electron chi connectivity index (χ2n) is 7.15. The van der Waals surface area contributed by atoms with Crippen molar-refractivity contribution in [1.82, 2.24) is 30.2 Å². The van der Waals surface area contributed by atoms with E-state index in [0.717, 1.165) is 41.2 Å². The predicted molar refractivity (Wildman–Crippen MR) is 119 cm³/mol. The number of para-hydroxylation sites is 1. The van der Waals surface area contributed by atoms with Gasteiger partial charge in [-0.1, -0.05) is 78.9 Å². The van der Waals surface area contributed by atoms with E-state index in [4.69, 9.17) is 4.98 Å². The number of hydrogen-bond acceptors (Lipinski definition) is 5. The summed E-state index contributed by atoms with van der Waals surface area (Å²) in [5.41, 5.74) is 4.77. The highest BCUT2D eigenvalue weighted by molar-refractivity contribution is 5.77. The van der Waals surface area contributed by atoms with Gasteiger partial charge in [0.15, 0.2) is 5.82 Å². The van der Waals surface area contributed by atoms with E-state index in [2.05, 4.69) is 44.8 Å². The summed E-state index contributed by atoms with van der Waals surface area (Å²) >= 11 is 0. The van der Waals surface area contributed by atoms with Crippen molar-refractivity contribution in [2.45, 2.75) is 12.8 Å². The van der Waals surface area contributed by atoms with Crippen molar-refractivity contribution >= 4 is 0 Å². The summed E-state index contributed by atoms with van der Waals surface area (Å²) in [4.78, 5) is 9.58. The first-order valence-corrected chi connectivity index (χ1v) is 10.2. The third-order valence-electron chi connectivity index (χ3n) is 5.08. The first kappa shape index (κ1) is 18.8. The topological polar surface area (TPSA) is 69.4 Å². The standard InChI is InChI=1S/C25H20N6/c1-4-10-19(11-5-1)16-17-23-26-18-22(24(27-23)20-12-6-2-7-13-20)25-28-29-30-31(25)21-14-8-3-9-15-21/h1-15,18H,16-17H2. The molecule has 0 bridgehead atoms. The van der Waals surface area contributed by atoms with Crippen molar-refractivity contribution < 1.29 is 0 Å². The van der Waals surface area contributed by atoms with Gasteiger partial charge in [-0.15, -0.1) is 5.10 Å². The number of benzene rings is 3. The zero-order valence-electron chi connectivity index (χ0n) is 16.8. The van der Waals surface area contributed by atoms with Crippen molar-refractivity contribution in [3.8, 4) is 28.3 Å². The summed E-state index contributed by atoms with van der Waals surface area (Å²) in [7, 11) is 0. The van der Waals surface area contributed by atoms with Crippen LogP contribution in [0.2, 0.25) is 0 Å². The minimum atomic E-state index is 0.611. The van der Waals surface area contributed by atoms with Crippen LogP contribution in [0.4, 0.5) is 0 Å². The fourth-order valence-corrected chi connectivity index (χ4v) is 3.52. The molecular weight excluding hydrogens is 384 g/mol. The van der Waals surface area contributed by atoms with Gasteiger partial charge in [-0.25, -0.2) is 9.97 Å². The van der Waals surface area contributed by atoms with Gasteiger partial charge >= 0.3 is 0 Å². The first-order chi connectivity index (χ1) is 15.4. The van der Waals surface area contributed by atoms with Crippen LogP contribution in [0.25, 0.3) is 28.3 Å². The van der Waals surface area contributed by atoms with E-state index in [-0.39, 0.29) is 0 Å². The molecule has 6 heteroatoms. The Morgan fingerprint density at radius 1 is 0.710 bits per heavy atom. The highest BCUT2D eigenvalue weighted by Gasteiger charge is 2.18. The van der Waals surface area contributed by atoms with Gasteiger partial charge in [0.25, 0.3) is 0 Å². The number of rotatable bonds is 6. The van der Waals surface area contributed by atoms with Crippen molar-refractivity contribution in [2.75, 3.05) is 0 Å². The molecule has 6 nitrogen and oxygen atoms in total. The highest BCUT2D eigenvalue weighted by atomic mass is 15.5. The van der Waals surface area contributed by atoms with E-state index >= 15 is 0 Å². The Balaban J connectivity index is 1.56. The Bertz CT molecular complexity index is 1270. The third-order valence-corrected chi connectivity index (χ3v) is 5.08. The van der Waals surface area contributed by atoms with E-state index in [0.29, 0.717) is 5.82 Å². The number of nitrogens with zero attached hydrogens (tertiary/aromatic N) is 6. The number of tetrazole rings is 1. The number of aryl methyl sites for hydroxylation is 2. The monoisotopic (exact) mass is 404 g/mol. The molecule has 31 heavy (non-hydrogen) atoms. The molecule has 0 aliphatic carbocycles. The summed E-state index contributed by atoms with van der Waals surface area (Å²) in [6.45, 7) is 0. The van der Waals surface area contributed by atoms with Crippen LogP contribution < -0.4 is 0 Å². The molecule has 2 heterocycles. The second kappa shape index (κ2) is 8.67. The minimum Gasteiger partial charge on any atom is -0.241 e. The Labute approximate surface area is 180 Å². The largest absolute Gasteiger partial charge is 0.241 e. The molecule has 150 valence electrons. The quantitative estimate of drug-likeness (QED) is 0.415. The molecule has 0 aliphatic heterocycles. The molecule has 2 aromatic heterocycles. The Morgan fingerprint density at radius 3 is 2.13 bits per heavy atom. The van der Waals surface area contributed by atoms with Crippen LogP contribution in [0.5, 0.6) is 0 Å². The van der Waals surface area contributed by atoms with Crippen molar-refractivity contribution in [3.05, 3.63) is 109 Å². The van der Waals surface area contributed by atoms with Gasteiger partial charge in [0, 0.05) is 18.2 Å². The average Bonchev–Trinajstić information content (AvgIpc) is 3.34. The molecule has 0 saturated carbocycles. The zero-order valence-corrected chi connectivity index (χ0v) is 16.8.